The van der Waals surface area contributed by atoms with Gasteiger partial charge in [0.15, 0.2) is 5.16 Å². The van der Waals surface area contributed by atoms with E-state index in [0.29, 0.717) is 16.8 Å². The summed E-state index contributed by atoms with van der Waals surface area (Å²) < 4.78 is 1.95. The Morgan fingerprint density at radius 1 is 1.10 bits per heavy atom. The maximum Gasteiger partial charge on any atom is 0.255 e. The van der Waals surface area contributed by atoms with Crippen molar-refractivity contribution in [2.45, 2.75) is 24.9 Å². The number of carbonyl (C=O) groups is 2. The first-order chi connectivity index (χ1) is 14.6. The number of likely N-dealkylation sites (tertiary alicyclic amines) is 1. The van der Waals surface area contributed by atoms with Gasteiger partial charge in [0.2, 0.25) is 0 Å². The van der Waals surface area contributed by atoms with Gasteiger partial charge in [-0.2, -0.15) is 0 Å². The molecule has 1 aromatic heterocycles. The van der Waals surface area contributed by atoms with Crippen LogP contribution >= 0.6 is 11.8 Å². The van der Waals surface area contributed by atoms with E-state index in [1.807, 2.05) is 65.2 Å². The monoisotopic (exact) mass is 420 g/mol. The van der Waals surface area contributed by atoms with Gasteiger partial charge in [0.05, 0.1) is 0 Å². The SMILES string of the molecule is CSc1nccn1-c1cccc(C(=O)Nc2cccc(C(=O)N3CCCC3)c2C)c1. The molecule has 0 atom stereocenters. The third-order valence-corrected chi connectivity index (χ3v) is 6.05. The summed E-state index contributed by atoms with van der Waals surface area (Å²) >= 11 is 1.55. The molecule has 4 rings (SSSR count). The molecule has 0 unspecified atom stereocenters. The number of carbonyl (C=O) groups excluding carboxylic acids is 2. The van der Waals surface area contributed by atoms with Gasteiger partial charge < -0.3 is 10.2 Å². The van der Waals surface area contributed by atoms with Crippen LogP contribution in [0.25, 0.3) is 5.69 Å². The molecule has 3 aromatic rings. The minimum atomic E-state index is -0.212. The molecule has 30 heavy (non-hydrogen) atoms. The summed E-state index contributed by atoms with van der Waals surface area (Å²) in [7, 11) is 0. The number of anilines is 1. The highest BCUT2D eigenvalue weighted by atomic mass is 32.2. The predicted octanol–water partition coefficient (Wildman–Crippen LogP) is 4.39. The standard InChI is InChI=1S/C23H24N4O2S/c1-16-19(22(29)26-12-3-4-13-26)9-6-10-20(16)25-21(28)17-7-5-8-18(15-17)27-14-11-24-23(27)30-2/h5-11,14-15H,3-4,12-13H2,1-2H3,(H,25,28). The van der Waals surface area contributed by atoms with Crippen LogP contribution in [0.5, 0.6) is 0 Å². The maximum absolute atomic E-state index is 12.9. The zero-order chi connectivity index (χ0) is 21.1. The molecule has 2 aromatic carbocycles. The van der Waals surface area contributed by atoms with Crippen LogP contribution in [0.2, 0.25) is 0 Å². The van der Waals surface area contributed by atoms with Gasteiger partial charge in [-0.25, -0.2) is 4.98 Å². The van der Waals surface area contributed by atoms with Crippen LogP contribution in [0.1, 0.15) is 39.1 Å². The van der Waals surface area contributed by atoms with E-state index >= 15 is 0 Å². The first-order valence-corrected chi connectivity index (χ1v) is 11.2. The number of amides is 2. The van der Waals surface area contributed by atoms with E-state index in [1.54, 1.807) is 24.0 Å². The van der Waals surface area contributed by atoms with E-state index in [9.17, 15) is 9.59 Å². The largest absolute Gasteiger partial charge is 0.339 e. The Bertz CT molecular complexity index is 1090. The van der Waals surface area contributed by atoms with Gasteiger partial charge in [0.1, 0.15) is 0 Å². The Labute approximate surface area is 180 Å². The molecule has 2 heterocycles. The molecule has 0 aliphatic carbocycles. The Balaban J connectivity index is 1.57. The Morgan fingerprint density at radius 2 is 1.87 bits per heavy atom. The van der Waals surface area contributed by atoms with Crippen molar-refractivity contribution in [3.63, 3.8) is 0 Å². The number of benzene rings is 2. The normalized spacial score (nSPS) is 13.5. The number of imidazole rings is 1. The summed E-state index contributed by atoms with van der Waals surface area (Å²) in [6, 6.07) is 12.9. The molecule has 0 spiro atoms. The number of thioether (sulfide) groups is 1. The van der Waals surface area contributed by atoms with Gasteiger partial charge >= 0.3 is 0 Å². The van der Waals surface area contributed by atoms with E-state index in [4.69, 9.17) is 0 Å². The third-order valence-electron chi connectivity index (χ3n) is 5.38. The van der Waals surface area contributed by atoms with E-state index in [2.05, 4.69) is 10.3 Å². The fourth-order valence-corrected chi connectivity index (χ4v) is 4.25. The van der Waals surface area contributed by atoms with Crippen LogP contribution in [-0.2, 0) is 0 Å². The third kappa shape index (κ3) is 3.98. The summed E-state index contributed by atoms with van der Waals surface area (Å²) in [4.78, 5) is 32.0. The Kier molecular flexibility index (Phi) is 5.90. The molecule has 0 saturated carbocycles. The van der Waals surface area contributed by atoms with Crippen molar-refractivity contribution in [2.75, 3.05) is 24.7 Å². The average molecular weight is 421 g/mol. The van der Waals surface area contributed by atoms with Crippen molar-refractivity contribution < 1.29 is 9.59 Å². The lowest BCUT2D eigenvalue weighted by Gasteiger charge is -2.18. The molecule has 0 radical (unpaired) electrons. The molecule has 7 heteroatoms. The second-order valence-electron chi connectivity index (χ2n) is 7.27. The number of rotatable bonds is 5. The second kappa shape index (κ2) is 8.75. The van der Waals surface area contributed by atoms with Crippen LogP contribution < -0.4 is 5.32 Å². The summed E-state index contributed by atoms with van der Waals surface area (Å²) in [5, 5.41) is 3.83. The van der Waals surface area contributed by atoms with Crippen molar-refractivity contribution in [1.82, 2.24) is 14.5 Å². The predicted molar refractivity (Wildman–Crippen MR) is 120 cm³/mol. The van der Waals surface area contributed by atoms with E-state index in [-0.39, 0.29) is 11.8 Å². The molecule has 154 valence electrons. The van der Waals surface area contributed by atoms with Gasteiger partial charge in [-0.1, -0.05) is 23.9 Å². The maximum atomic E-state index is 12.9. The summed E-state index contributed by atoms with van der Waals surface area (Å²) in [5.41, 5.74) is 3.51. The molecule has 1 saturated heterocycles. The quantitative estimate of drug-likeness (QED) is 0.622. The van der Waals surface area contributed by atoms with Crippen molar-refractivity contribution in [1.29, 1.82) is 0 Å². The lowest BCUT2D eigenvalue weighted by Crippen LogP contribution is -2.28. The molecule has 1 aliphatic rings. The highest BCUT2D eigenvalue weighted by Crippen LogP contribution is 2.24. The van der Waals surface area contributed by atoms with Crippen molar-refractivity contribution in [3.8, 4) is 5.69 Å². The summed E-state index contributed by atoms with van der Waals surface area (Å²) in [5.74, 6) is -0.177. The average Bonchev–Trinajstić information content (AvgIpc) is 3.47. The smallest absolute Gasteiger partial charge is 0.255 e. The number of nitrogens with one attached hydrogen (secondary N) is 1. The van der Waals surface area contributed by atoms with Gasteiger partial charge in [-0.3, -0.25) is 14.2 Å². The first kappa shape index (κ1) is 20.2. The number of hydrogen-bond acceptors (Lipinski definition) is 4. The zero-order valence-electron chi connectivity index (χ0n) is 17.1. The number of nitrogens with zero attached hydrogens (tertiary/aromatic N) is 3. The molecule has 2 amide bonds. The van der Waals surface area contributed by atoms with Gasteiger partial charge in [-0.15, -0.1) is 0 Å². The Morgan fingerprint density at radius 3 is 2.63 bits per heavy atom. The van der Waals surface area contributed by atoms with Gasteiger partial charge in [0, 0.05) is 48.0 Å². The molecular formula is C23H24N4O2S. The summed E-state index contributed by atoms with van der Waals surface area (Å²) in [6.07, 6.45) is 7.68. The lowest BCUT2D eigenvalue weighted by molar-refractivity contribution is 0.0791. The van der Waals surface area contributed by atoms with Gasteiger partial charge in [-0.05, 0) is 61.9 Å². The number of aromatic nitrogens is 2. The van der Waals surface area contributed by atoms with Crippen LogP contribution in [0.3, 0.4) is 0 Å². The van der Waals surface area contributed by atoms with Crippen molar-refractivity contribution in [2.24, 2.45) is 0 Å². The second-order valence-corrected chi connectivity index (χ2v) is 8.04. The van der Waals surface area contributed by atoms with Crippen LogP contribution in [0.4, 0.5) is 5.69 Å². The molecule has 1 aliphatic heterocycles. The highest BCUT2D eigenvalue weighted by Gasteiger charge is 2.22. The first-order valence-electron chi connectivity index (χ1n) is 9.96. The van der Waals surface area contributed by atoms with E-state index in [0.717, 1.165) is 42.3 Å². The van der Waals surface area contributed by atoms with Crippen molar-refractivity contribution >= 4 is 29.3 Å². The van der Waals surface area contributed by atoms with Crippen LogP contribution in [0, 0.1) is 6.92 Å². The molecular weight excluding hydrogens is 396 g/mol. The van der Waals surface area contributed by atoms with E-state index < -0.39 is 0 Å². The molecule has 1 N–H and O–H groups in total. The summed E-state index contributed by atoms with van der Waals surface area (Å²) in [6.45, 7) is 3.48. The fourth-order valence-electron chi connectivity index (χ4n) is 3.72. The molecule has 0 bridgehead atoms. The van der Waals surface area contributed by atoms with Crippen LogP contribution in [-0.4, -0.2) is 45.6 Å². The van der Waals surface area contributed by atoms with Crippen molar-refractivity contribution in [3.05, 3.63) is 71.5 Å². The zero-order valence-corrected chi connectivity index (χ0v) is 17.9. The minimum Gasteiger partial charge on any atom is -0.339 e. The lowest BCUT2D eigenvalue weighted by atomic mass is 10.0. The van der Waals surface area contributed by atoms with E-state index in [1.165, 1.54) is 0 Å². The van der Waals surface area contributed by atoms with Crippen LogP contribution in [0.15, 0.2) is 60.0 Å². The molecule has 6 nitrogen and oxygen atoms in total. The topological polar surface area (TPSA) is 67.2 Å². The number of hydrogen-bond donors (Lipinski definition) is 1. The fraction of sp³-hybridized carbons (Fsp3) is 0.261. The molecule has 1 fully saturated rings. The Hall–Kier alpha value is -3.06. The van der Waals surface area contributed by atoms with Gasteiger partial charge in [0.25, 0.3) is 11.8 Å². The highest BCUT2D eigenvalue weighted by molar-refractivity contribution is 7.98. The minimum absolute atomic E-state index is 0.0350.